The molecule has 1 saturated heterocycles. The van der Waals surface area contributed by atoms with Crippen molar-refractivity contribution in [1.82, 2.24) is 9.97 Å². The summed E-state index contributed by atoms with van der Waals surface area (Å²) in [5.74, 6) is 0.755. The SMILES string of the molecule is CCc1cnc(N2CCN(c3cc[c]c(S(C)(=O)=O)c3)CC2)nc1. The third-order valence-electron chi connectivity index (χ3n) is 4.19. The second-order valence-electron chi connectivity index (χ2n) is 5.90. The monoisotopic (exact) mass is 345 g/mol. The number of sulfone groups is 1. The zero-order chi connectivity index (χ0) is 17.2. The van der Waals surface area contributed by atoms with Gasteiger partial charge in [0, 0.05) is 56.6 Å². The van der Waals surface area contributed by atoms with Crippen molar-refractivity contribution in [2.45, 2.75) is 18.2 Å². The molecule has 2 aromatic rings. The fraction of sp³-hybridized carbons (Fsp3) is 0.412. The van der Waals surface area contributed by atoms with E-state index in [1.165, 1.54) is 6.26 Å². The van der Waals surface area contributed by atoms with E-state index in [-0.39, 0.29) is 4.90 Å². The maximum Gasteiger partial charge on any atom is 0.225 e. The average Bonchev–Trinajstić information content (AvgIpc) is 2.61. The van der Waals surface area contributed by atoms with E-state index in [0.717, 1.165) is 49.8 Å². The van der Waals surface area contributed by atoms with Gasteiger partial charge in [-0.2, -0.15) is 0 Å². The Kier molecular flexibility index (Phi) is 4.71. The summed E-state index contributed by atoms with van der Waals surface area (Å²) in [6, 6.07) is 8.05. The molecule has 24 heavy (non-hydrogen) atoms. The van der Waals surface area contributed by atoms with Crippen molar-refractivity contribution in [3.63, 3.8) is 0 Å². The van der Waals surface area contributed by atoms with Gasteiger partial charge in [0.15, 0.2) is 9.84 Å². The van der Waals surface area contributed by atoms with E-state index < -0.39 is 9.84 Å². The number of aromatic nitrogens is 2. The largest absolute Gasteiger partial charge is 0.368 e. The van der Waals surface area contributed by atoms with Crippen molar-refractivity contribution in [2.24, 2.45) is 0 Å². The van der Waals surface area contributed by atoms with Gasteiger partial charge in [-0.15, -0.1) is 0 Å². The van der Waals surface area contributed by atoms with Gasteiger partial charge in [-0.25, -0.2) is 18.4 Å². The first-order valence-electron chi connectivity index (χ1n) is 8.00. The summed E-state index contributed by atoms with van der Waals surface area (Å²) >= 11 is 0. The smallest absolute Gasteiger partial charge is 0.225 e. The quantitative estimate of drug-likeness (QED) is 0.838. The van der Waals surface area contributed by atoms with Gasteiger partial charge in [0.2, 0.25) is 5.95 Å². The zero-order valence-corrected chi connectivity index (χ0v) is 14.8. The van der Waals surface area contributed by atoms with Crippen LogP contribution in [-0.4, -0.2) is 50.8 Å². The lowest BCUT2D eigenvalue weighted by Crippen LogP contribution is -2.47. The number of benzene rings is 1. The van der Waals surface area contributed by atoms with E-state index in [4.69, 9.17) is 0 Å². The minimum atomic E-state index is -3.24. The van der Waals surface area contributed by atoms with Gasteiger partial charge in [0.25, 0.3) is 0 Å². The molecule has 1 radical (unpaired) electrons. The van der Waals surface area contributed by atoms with Crippen LogP contribution in [0.15, 0.2) is 35.5 Å². The first kappa shape index (κ1) is 16.7. The summed E-state index contributed by atoms with van der Waals surface area (Å²) in [6.07, 6.45) is 5.89. The molecule has 0 aliphatic carbocycles. The highest BCUT2D eigenvalue weighted by Crippen LogP contribution is 2.21. The predicted molar refractivity (Wildman–Crippen MR) is 94.2 cm³/mol. The van der Waals surface area contributed by atoms with Gasteiger partial charge < -0.3 is 9.80 Å². The number of anilines is 2. The number of nitrogens with zero attached hydrogens (tertiary/aromatic N) is 4. The third kappa shape index (κ3) is 3.67. The van der Waals surface area contributed by atoms with E-state index in [2.05, 4.69) is 32.8 Å². The summed E-state index contributed by atoms with van der Waals surface area (Å²) in [4.78, 5) is 13.4. The molecule has 3 rings (SSSR count). The molecule has 0 bridgehead atoms. The number of piperazine rings is 1. The standard InChI is InChI=1S/C17H21N4O2S/c1-3-14-12-18-17(19-13-14)21-9-7-20(8-10-21)15-5-4-6-16(11-15)24(2,22)23/h4-5,11-13H,3,7-10H2,1-2H3. The van der Waals surface area contributed by atoms with Crippen LogP contribution in [0.25, 0.3) is 0 Å². The molecule has 0 N–H and O–H groups in total. The maximum atomic E-state index is 11.7. The van der Waals surface area contributed by atoms with Crippen LogP contribution in [0.1, 0.15) is 12.5 Å². The van der Waals surface area contributed by atoms with Crippen LogP contribution in [0.5, 0.6) is 0 Å². The third-order valence-corrected chi connectivity index (χ3v) is 5.22. The summed E-state index contributed by atoms with van der Waals surface area (Å²) in [6.45, 7) is 5.29. The van der Waals surface area contributed by atoms with Crippen molar-refractivity contribution in [3.8, 4) is 0 Å². The van der Waals surface area contributed by atoms with Gasteiger partial charge in [-0.1, -0.05) is 13.0 Å². The number of hydrogen-bond donors (Lipinski definition) is 0. The fourth-order valence-corrected chi connectivity index (χ4v) is 3.32. The van der Waals surface area contributed by atoms with Crippen molar-refractivity contribution in [2.75, 3.05) is 42.2 Å². The molecule has 1 aromatic carbocycles. The molecule has 127 valence electrons. The topological polar surface area (TPSA) is 66.4 Å². The van der Waals surface area contributed by atoms with Gasteiger partial charge in [-0.05, 0) is 24.1 Å². The van der Waals surface area contributed by atoms with Crippen molar-refractivity contribution < 1.29 is 8.42 Å². The van der Waals surface area contributed by atoms with Gasteiger partial charge in [0.1, 0.15) is 0 Å². The number of aryl methyl sites for hydroxylation is 1. The molecule has 0 amide bonds. The highest BCUT2D eigenvalue weighted by atomic mass is 32.2. The van der Waals surface area contributed by atoms with Gasteiger partial charge in [-0.3, -0.25) is 0 Å². The van der Waals surface area contributed by atoms with Crippen LogP contribution in [0.3, 0.4) is 0 Å². The van der Waals surface area contributed by atoms with Crippen molar-refractivity contribution in [3.05, 3.63) is 42.2 Å². The predicted octanol–water partition coefficient (Wildman–Crippen LogP) is 1.57. The minimum absolute atomic E-state index is 0.237. The van der Waals surface area contributed by atoms with Crippen LogP contribution >= 0.6 is 0 Å². The highest BCUT2D eigenvalue weighted by Gasteiger charge is 2.20. The molecule has 0 saturated carbocycles. The summed E-state index contributed by atoms with van der Waals surface area (Å²) in [5.41, 5.74) is 2.04. The number of hydrogen-bond acceptors (Lipinski definition) is 6. The lowest BCUT2D eigenvalue weighted by atomic mass is 10.2. The molecular formula is C17H21N4O2S. The lowest BCUT2D eigenvalue weighted by molar-refractivity contribution is 0.601. The van der Waals surface area contributed by atoms with Crippen molar-refractivity contribution in [1.29, 1.82) is 0 Å². The molecule has 1 aromatic heterocycles. The zero-order valence-electron chi connectivity index (χ0n) is 13.9. The lowest BCUT2D eigenvalue weighted by Gasteiger charge is -2.36. The Balaban J connectivity index is 1.68. The number of rotatable bonds is 4. The van der Waals surface area contributed by atoms with Gasteiger partial charge >= 0.3 is 0 Å². The minimum Gasteiger partial charge on any atom is -0.368 e. The molecule has 1 fully saturated rings. The highest BCUT2D eigenvalue weighted by molar-refractivity contribution is 7.90. The molecule has 1 aliphatic heterocycles. The average molecular weight is 345 g/mol. The van der Waals surface area contributed by atoms with E-state index in [0.29, 0.717) is 0 Å². The summed E-state index contributed by atoms with van der Waals surface area (Å²) in [5, 5.41) is 0. The van der Waals surface area contributed by atoms with E-state index in [1.807, 2.05) is 18.5 Å². The van der Waals surface area contributed by atoms with Crippen LogP contribution < -0.4 is 9.80 Å². The molecule has 1 aliphatic rings. The Morgan fingerprint density at radius 2 is 1.75 bits per heavy atom. The van der Waals surface area contributed by atoms with Crippen LogP contribution in [0.2, 0.25) is 0 Å². The molecule has 0 unspecified atom stereocenters. The fourth-order valence-electron chi connectivity index (χ4n) is 2.70. The second-order valence-corrected chi connectivity index (χ2v) is 7.89. The first-order chi connectivity index (χ1) is 11.5. The Bertz CT molecular complexity index is 798. The molecule has 7 heteroatoms. The Hall–Kier alpha value is -2.15. The van der Waals surface area contributed by atoms with Crippen LogP contribution in [0, 0.1) is 6.07 Å². The molecule has 0 atom stereocenters. The van der Waals surface area contributed by atoms with Gasteiger partial charge in [0.05, 0.1) is 4.90 Å². The van der Waals surface area contributed by atoms with Crippen molar-refractivity contribution >= 4 is 21.5 Å². The van der Waals surface area contributed by atoms with E-state index in [9.17, 15) is 8.42 Å². The Morgan fingerprint density at radius 3 is 2.33 bits per heavy atom. The summed E-state index contributed by atoms with van der Waals surface area (Å²) < 4.78 is 23.4. The molecule has 0 spiro atoms. The van der Waals surface area contributed by atoms with E-state index in [1.54, 1.807) is 12.1 Å². The molecule has 2 heterocycles. The maximum absolute atomic E-state index is 11.7. The normalized spacial score (nSPS) is 15.6. The Labute approximate surface area is 143 Å². The summed E-state index contributed by atoms with van der Waals surface area (Å²) in [7, 11) is -3.24. The molecular weight excluding hydrogens is 324 g/mol. The Morgan fingerprint density at radius 1 is 1.12 bits per heavy atom. The van der Waals surface area contributed by atoms with Crippen LogP contribution in [-0.2, 0) is 16.3 Å². The first-order valence-corrected chi connectivity index (χ1v) is 9.89. The second kappa shape index (κ2) is 6.76. The van der Waals surface area contributed by atoms with E-state index >= 15 is 0 Å². The van der Waals surface area contributed by atoms with Crippen LogP contribution in [0.4, 0.5) is 11.6 Å². The molecule has 6 nitrogen and oxygen atoms in total.